The molecule has 0 atom stereocenters. The van der Waals surface area contributed by atoms with Crippen molar-refractivity contribution in [2.45, 2.75) is 80.7 Å². The highest BCUT2D eigenvalue weighted by Gasteiger charge is 1.98. The average molecular weight is 325 g/mol. The molecule has 0 amide bonds. The maximum absolute atomic E-state index is 3.95. The van der Waals surface area contributed by atoms with Gasteiger partial charge >= 0.3 is 0 Å². The van der Waals surface area contributed by atoms with E-state index in [1.165, 1.54) is 12.7 Å². The Labute approximate surface area is 142 Å². The van der Waals surface area contributed by atoms with Gasteiger partial charge in [-0.25, -0.2) is 9.97 Å². The summed E-state index contributed by atoms with van der Waals surface area (Å²) in [5.41, 5.74) is 0. The van der Waals surface area contributed by atoms with Gasteiger partial charge in [0, 0.05) is 12.0 Å². The van der Waals surface area contributed by atoms with Gasteiger partial charge in [-0.1, -0.05) is 54.9 Å². The zero-order chi connectivity index (χ0) is 18.3. The van der Waals surface area contributed by atoms with E-state index in [0.29, 0.717) is 12.0 Å². The van der Waals surface area contributed by atoms with E-state index >= 15 is 0 Å². The highest BCUT2D eigenvalue weighted by molar-refractivity contribution is 4.86. The zero-order valence-electron chi connectivity index (χ0n) is 16.4. The molecule has 2 aromatic heterocycles. The van der Waals surface area contributed by atoms with E-state index < -0.39 is 0 Å². The van der Waals surface area contributed by atoms with Crippen LogP contribution in [0, 0.1) is 5.92 Å². The number of nitrogens with one attached hydrogen (secondary N) is 1. The number of rotatable bonds is 2. The first-order chi connectivity index (χ1) is 10.8. The van der Waals surface area contributed by atoms with Gasteiger partial charge in [0.05, 0.1) is 0 Å². The van der Waals surface area contributed by atoms with E-state index in [-0.39, 0.29) is 0 Å². The number of hydrogen-bond donors (Lipinski definition) is 1. The minimum Gasteiger partial charge on any atom is -0.263 e. The van der Waals surface area contributed by atoms with Gasteiger partial charge in [0.25, 0.3) is 0 Å². The number of aromatic amines is 1. The van der Waals surface area contributed by atoms with Gasteiger partial charge in [-0.2, -0.15) is 10.2 Å². The summed E-state index contributed by atoms with van der Waals surface area (Å²) < 4.78 is 1.81. The topological polar surface area (TPSA) is 72.3 Å². The summed E-state index contributed by atoms with van der Waals surface area (Å²) >= 11 is 0. The Morgan fingerprint density at radius 1 is 1.00 bits per heavy atom. The maximum Gasteiger partial charge on any atom is 0.137 e. The third-order valence-corrected chi connectivity index (χ3v) is 1.95. The smallest absolute Gasteiger partial charge is 0.137 e. The largest absolute Gasteiger partial charge is 0.263 e. The second kappa shape index (κ2) is 15.2. The lowest BCUT2D eigenvalue weighted by molar-refractivity contribution is 0.531. The normalized spacial score (nSPS) is 9.57. The molecule has 0 aliphatic carbocycles. The van der Waals surface area contributed by atoms with E-state index in [9.17, 15) is 0 Å². The van der Waals surface area contributed by atoms with E-state index in [0.717, 1.165) is 11.7 Å². The molecule has 0 saturated heterocycles. The first-order valence-electron chi connectivity index (χ1n) is 8.45. The predicted octanol–water partition coefficient (Wildman–Crippen LogP) is 4.87. The summed E-state index contributed by atoms with van der Waals surface area (Å²) in [6.07, 6.45) is 6.03. The van der Waals surface area contributed by atoms with Crippen LogP contribution in [-0.2, 0) is 0 Å². The van der Waals surface area contributed by atoms with Gasteiger partial charge in [0.15, 0.2) is 0 Å². The lowest BCUT2D eigenvalue weighted by Crippen LogP contribution is -1.99. The molecule has 2 aromatic rings. The summed E-state index contributed by atoms with van der Waals surface area (Å²) in [5.74, 6) is 2.24. The van der Waals surface area contributed by atoms with Crippen LogP contribution >= 0.6 is 0 Å². The zero-order valence-corrected chi connectivity index (χ0v) is 16.4. The highest BCUT2D eigenvalue weighted by Crippen LogP contribution is 2.04. The molecule has 0 saturated carbocycles. The summed E-state index contributed by atoms with van der Waals surface area (Å²) in [6.45, 7) is 19.0. The maximum atomic E-state index is 3.95. The molecule has 23 heavy (non-hydrogen) atoms. The van der Waals surface area contributed by atoms with Crippen LogP contribution in [0.3, 0.4) is 0 Å². The Kier molecular flexibility index (Phi) is 15.5. The molecule has 134 valence electrons. The number of nitrogens with zero attached hydrogens (tertiary/aromatic N) is 5. The quantitative estimate of drug-likeness (QED) is 0.855. The van der Waals surface area contributed by atoms with Crippen molar-refractivity contribution in [3.05, 3.63) is 24.8 Å². The Bertz CT molecular complexity index is 377. The molecule has 0 spiro atoms. The monoisotopic (exact) mass is 324 g/mol. The predicted molar refractivity (Wildman–Crippen MR) is 97.4 cm³/mol. The summed E-state index contributed by atoms with van der Waals surface area (Å²) in [7, 11) is 0. The van der Waals surface area contributed by atoms with Gasteiger partial charge in [-0.15, -0.1) is 0 Å². The van der Waals surface area contributed by atoms with Crippen LogP contribution in [0.25, 0.3) is 0 Å². The lowest BCUT2D eigenvalue weighted by atomic mass is 10.2. The van der Waals surface area contributed by atoms with Crippen LogP contribution in [0.15, 0.2) is 19.0 Å². The molecule has 6 nitrogen and oxygen atoms in total. The van der Waals surface area contributed by atoms with Crippen molar-refractivity contribution in [1.29, 1.82) is 0 Å². The molecule has 6 heteroatoms. The summed E-state index contributed by atoms with van der Waals surface area (Å²) in [5, 5.41) is 10.4. The van der Waals surface area contributed by atoms with E-state index in [1.807, 2.05) is 0 Å². The third-order valence-electron chi connectivity index (χ3n) is 1.95. The average Bonchev–Trinajstić information content (AvgIpc) is 3.14. The van der Waals surface area contributed by atoms with Gasteiger partial charge in [0.2, 0.25) is 0 Å². The fraction of sp³-hybridized carbons (Fsp3) is 0.765. The molecule has 2 heterocycles. The SMILES string of the molecule is CC(C)C.CC(C)c1ncn[nH]1.CC(C)n1cncn1.CCC. The van der Waals surface area contributed by atoms with Crippen LogP contribution in [-0.4, -0.2) is 29.9 Å². The van der Waals surface area contributed by atoms with Crippen molar-refractivity contribution >= 4 is 0 Å². The van der Waals surface area contributed by atoms with Crippen LogP contribution in [0.5, 0.6) is 0 Å². The Hall–Kier alpha value is -1.72. The van der Waals surface area contributed by atoms with Crippen molar-refractivity contribution < 1.29 is 0 Å². The molecule has 2 rings (SSSR count). The van der Waals surface area contributed by atoms with E-state index in [4.69, 9.17) is 0 Å². The second-order valence-corrected chi connectivity index (χ2v) is 6.43. The lowest BCUT2D eigenvalue weighted by Gasteiger charge is -2.00. The van der Waals surface area contributed by atoms with Crippen molar-refractivity contribution in [2.75, 3.05) is 0 Å². The molecular weight excluding hydrogens is 288 g/mol. The van der Waals surface area contributed by atoms with Crippen LogP contribution in [0.2, 0.25) is 0 Å². The van der Waals surface area contributed by atoms with Crippen molar-refractivity contribution in [3.63, 3.8) is 0 Å². The number of H-pyrrole nitrogens is 1. The van der Waals surface area contributed by atoms with Gasteiger partial charge < -0.3 is 0 Å². The molecule has 0 aromatic carbocycles. The van der Waals surface area contributed by atoms with Gasteiger partial charge in [0.1, 0.15) is 24.8 Å². The number of aromatic nitrogens is 6. The first-order valence-corrected chi connectivity index (χ1v) is 8.45. The Morgan fingerprint density at radius 2 is 1.52 bits per heavy atom. The fourth-order valence-electron chi connectivity index (χ4n) is 0.977. The van der Waals surface area contributed by atoms with Gasteiger partial charge in [-0.05, 0) is 19.8 Å². The fourth-order valence-corrected chi connectivity index (χ4v) is 0.977. The highest BCUT2D eigenvalue weighted by atomic mass is 15.3. The first kappa shape index (κ1) is 23.5. The van der Waals surface area contributed by atoms with Gasteiger partial charge in [-0.3, -0.25) is 9.78 Å². The molecule has 0 aliphatic heterocycles. The molecule has 0 bridgehead atoms. The van der Waals surface area contributed by atoms with E-state index in [1.54, 1.807) is 17.3 Å². The molecule has 0 unspecified atom stereocenters. The molecule has 0 radical (unpaired) electrons. The van der Waals surface area contributed by atoms with Crippen molar-refractivity contribution in [2.24, 2.45) is 5.92 Å². The molecule has 0 fully saturated rings. The van der Waals surface area contributed by atoms with E-state index in [2.05, 4.69) is 87.6 Å². The summed E-state index contributed by atoms with van der Waals surface area (Å²) in [6, 6.07) is 0.428. The Balaban J connectivity index is 0. The van der Waals surface area contributed by atoms with Crippen molar-refractivity contribution in [1.82, 2.24) is 29.9 Å². The molecular formula is C17H36N6. The van der Waals surface area contributed by atoms with Crippen molar-refractivity contribution in [3.8, 4) is 0 Å². The van der Waals surface area contributed by atoms with Crippen LogP contribution < -0.4 is 0 Å². The third kappa shape index (κ3) is 16.5. The van der Waals surface area contributed by atoms with Crippen LogP contribution in [0.4, 0.5) is 0 Å². The molecule has 1 N–H and O–H groups in total. The number of hydrogen-bond acceptors (Lipinski definition) is 4. The van der Waals surface area contributed by atoms with Crippen LogP contribution in [0.1, 0.15) is 86.5 Å². The standard InChI is InChI=1S/2C5H9N3.C4H10.C3H8/c1-5(2)8-4-6-3-7-8;1-4(2)5-6-3-7-8-5;1-4(2)3;1-3-2/h3-5H,1-2H3;3-4H,1-2H3,(H,6,7,8);4H,1-3H3;3H2,1-2H3. The second-order valence-electron chi connectivity index (χ2n) is 6.43. The minimum absolute atomic E-state index is 0.428. The molecule has 0 aliphatic rings. The Morgan fingerprint density at radius 3 is 1.70 bits per heavy atom. The summed E-state index contributed by atoms with van der Waals surface area (Å²) in [4.78, 5) is 7.74. The minimum atomic E-state index is 0.428.